The van der Waals surface area contributed by atoms with E-state index in [1.54, 1.807) is 31.3 Å². The van der Waals surface area contributed by atoms with Gasteiger partial charge in [-0.05, 0) is 106 Å². The number of fused-ring (bicyclic) bond motifs is 2. The molecule has 3 amide bonds. The molecule has 4 aliphatic rings. The highest BCUT2D eigenvalue weighted by molar-refractivity contribution is 5.89. The number of pyridine rings is 2. The van der Waals surface area contributed by atoms with Crippen molar-refractivity contribution in [1.29, 1.82) is 0 Å². The van der Waals surface area contributed by atoms with Crippen molar-refractivity contribution in [3.8, 4) is 5.75 Å². The van der Waals surface area contributed by atoms with Crippen LogP contribution in [-0.2, 0) is 60.9 Å². The summed E-state index contributed by atoms with van der Waals surface area (Å²) in [5, 5.41) is 0. The third-order valence-corrected chi connectivity index (χ3v) is 10.6. The number of aromatic nitrogens is 2. The predicted octanol–water partition coefficient (Wildman–Crippen LogP) is 5.91. The maximum absolute atomic E-state index is 12.9. The zero-order valence-electron chi connectivity index (χ0n) is 32.7. The number of hydrogen-bond donors (Lipinski definition) is 0. The lowest BCUT2D eigenvalue weighted by molar-refractivity contribution is -0.135. The molecule has 2 atom stereocenters. The number of aryl methyl sites for hydroxylation is 3. The van der Waals surface area contributed by atoms with Crippen LogP contribution in [-0.4, -0.2) is 98.0 Å². The summed E-state index contributed by atoms with van der Waals surface area (Å²) in [6.07, 6.45) is 7.09. The van der Waals surface area contributed by atoms with E-state index in [4.69, 9.17) is 33.7 Å². The third-order valence-electron chi connectivity index (χ3n) is 10.6. The number of methoxy groups -OCH3 is 2. The van der Waals surface area contributed by atoms with Crippen LogP contribution in [0, 0.1) is 0 Å². The van der Waals surface area contributed by atoms with Crippen LogP contribution in [0.2, 0.25) is 0 Å². The van der Waals surface area contributed by atoms with Crippen molar-refractivity contribution in [2.45, 2.75) is 90.5 Å². The second-order valence-electron chi connectivity index (χ2n) is 14.5. The van der Waals surface area contributed by atoms with Gasteiger partial charge in [-0.3, -0.25) is 19.5 Å². The number of hydrogen-bond acceptors (Lipinski definition) is 10. The van der Waals surface area contributed by atoms with Gasteiger partial charge in [0.15, 0.2) is 0 Å². The van der Waals surface area contributed by atoms with E-state index < -0.39 is 6.09 Å². The van der Waals surface area contributed by atoms with Gasteiger partial charge in [-0.2, -0.15) is 0 Å². The second-order valence-corrected chi connectivity index (χ2v) is 14.5. The van der Waals surface area contributed by atoms with E-state index in [0.717, 1.165) is 73.1 Å². The summed E-state index contributed by atoms with van der Waals surface area (Å²) in [7, 11) is 3.34. The second kappa shape index (κ2) is 19.4. The van der Waals surface area contributed by atoms with Gasteiger partial charge in [-0.25, -0.2) is 9.78 Å². The SMILES string of the molecule is COC(C)c1nc2c(cc1CN1CCCOCC1=O)CCCC2.COC(C)c1nc2c(cc1CN1CCCOCC1=O)CCCN2C(=O)Oc1ccccc1. The van der Waals surface area contributed by atoms with Crippen molar-refractivity contribution in [3.63, 3.8) is 0 Å². The molecule has 3 aliphatic heterocycles. The number of ether oxygens (including phenoxy) is 5. The molecular formula is C42H55N5O8. The van der Waals surface area contributed by atoms with Crippen molar-refractivity contribution in [3.05, 3.63) is 81.8 Å². The minimum atomic E-state index is -0.451. The number of anilines is 1. The number of amides is 3. The zero-order valence-corrected chi connectivity index (χ0v) is 32.7. The van der Waals surface area contributed by atoms with E-state index in [0.29, 0.717) is 51.0 Å². The molecule has 5 heterocycles. The van der Waals surface area contributed by atoms with Crippen molar-refractivity contribution in [1.82, 2.24) is 19.8 Å². The first-order valence-electron chi connectivity index (χ1n) is 19.6. The number of benzene rings is 1. The van der Waals surface area contributed by atoms with E-state index in [1.165, 1.54) is 24.1 Å². The Hall–Kier alpha value is -4.43. The average molecular weight is 758 g/mol. The van der Waals surface area contributed by atoms with Crippen LogP contribution in [0.5, 0.6) is 5.75 Å². The number of carbonyl (C=O) groups excluding carboxylic acids is 3. The largest absolute Gasteiger partial charge is 0.420 e. The third kappa shape index (κ3) is 10.3. The van der Waals surface area contributed by atoms with E-state index in [1.807, 2.05) is 41.8 Å². The van der Waals surface area contributed by atoms with Gasteiger partial charge >= 0.3 is 6.09 Å². The highest BCUT2D eigenvalue weighted by Gasteiger charge is 2.30. The fourth-order valence-electron chi connectivity index (χ4n) is 7.47. The molecule has 2 saturated heterocycles. The molecule has 0 saturated carbocycles. The van der Waals surface area contributed by atoms with Crippen molar-refractivity contribution < 1.29 is 38.1 Å². The molecule has 0 radical (unpaired) electrons. The fourth-order valence-corrected chi connectivity index (χ4v) is 7.47. The molecule has 0 bridgehead atoms. The molecule has 296 valence electrons. The molecule has 2 fully saturated rings. The van der Waals surface area contributed by atoms with E-state index >= 15 is 0 Å². The summed E-state index contributed by atoms with van der Waals surface area (Å²) >= 11 is 0. The highest BCUT2D eigenvalue weighted by Crippen LogP contribution is 2.32. The van der Waals surface area contributed by atoms with E-state index in [2.05, 4.69) is 12.1 Å². The number of carbonyl (C=O) groups is 3. The molecule has 0 N–H and O–H groups in total. The van der Waals surface area contributed by atoms with Gasteiger partial charge in [0.05, 0.1) is 23.6 Å². The first-order valence-corrected chi connectivity index (χ1v) is 19.6. The quantitative estimate of drug-likeness (QED) is 0.260. The van der Waals surface area contributed by atoms with Crippen LogP contribution >= 0.6 is 0 Å². The van der Waals surface area contributed by atoms with Crippen LogP contribution in [0.1, 0.15) is 97.5 Å². The summed E-state index contributed by atoms with van der Waals surface area (Å²) in [6, 6.07) is 13.3. The molecule has 7 rings (SSSR count). The molecular weight excluding hydrogens is 702 g/mol. The lowest BCUT2D eigenvalue weighted by atomic mass is 9.93. The van der Waals surface area contributed by atoms with Crippen molar-refractivity contribution >= 4 is 23.7 Å². The Bertz CT molecular complexity index is 1790. The molecule has 2 unspecified atom stereocenters. The van der Waals surface area contributed by atoms with Gasteiger partial charge in [0.1, 0.15) is 24.8 Å². The van der Waals surface area contributed by atoms with Crippen LogP contribution < -0.4 is 9.64 Å². The predicted molar refractivity (Wildman–Crippen MR) is 206 cm³/mol. The van der Waals surface area contributed by atoms with Gasteiger partial charge in [0.2, 0.25) is 11.8 Å². The molecule has 55 heavy (non-hydrogen) atoms. The van der Waals surface area contributed by atoms with Gasteiger partial charge in [-0.15, -0.1) is 0 Å². The first kappa shape index (κ1) is 40.2. The van der Waals surface area contributed by atoms with Gasteiger partial charge < -0.3 is 33.5 Å². The molecule has 3 aromatic rings. The molecule has 2 aromatic heterocycles. The lowest BCUT2D eigenvalue weighted by Crippen LogP contribution is -2.39. The Balaban J connectivity index is 0.000000197. The summed E-state index contributed by atoms with van der Waals surface area (Å²) in [5.74, 6) is 1.14. The fraction of sp³-hybridized carbons (Fsp3) is 0.548. The minimum Gasteiger partial charge on any atom is -0.410 e. The van der Waals surface area contributed by atoms with Crippen LogP contribution in [0.15, 0.2) is 42.5 Å². The van der Waals surface area contributed by atoms with E-state index in [-0.39, 0.29) is 37.2 Å². The summed E-state index contributed by atoms with van der Waals surface area (Å²) < 4.78 is 27.4. The summed E-state index contributed by atoms with van der Waals surface area (Å²) in [5.41, 5.74) is 7.29. The standard InChI is InChI=1S/C24H29N3O5.C18H26N2O3/c1-17(30-2)22-19(15-26-11-7-13-31-16-21(26)28)14-18-8-6-12-27(23(18)25-22)24(29)32-20-9-4-3-5-10-20;1-13(22-2)18-15(10-14-6-3-4-7-16(14)19-18)11-20-8-5-9-23-12-17(20)21/h3-5,9-10,14,17H,6-8,11-13,15-16H2,1-2H3;10,13H,3-9,11-12H2,1-2H3. The maximum atomic E-state index is 12.9. The molecule has 0 spiro atoms. The Labute approximate surface area is 324 Å². The van der Waals surface area contributed by atoms with Gasteiger partial charge in [0, 0.05) is 65.9 Å². The number of nitrogens with zero attached hydrogens (tertiary/aromatic N) is 5. The van der Waals surface area contributed by atoms with Gasteiger partial charge in [-0.1, -0.05) is 24.3 Å². The summed E-state index contributed by atoms with van der Waals surface area (Å²) in [6.45, 7) is 8.45. The Morgan fingerprint density at radius 3 is 1.91 bits per heavy atom. The molecule has 13 nitrogen and oxygen atoms in total. The minimum absolute atomic E-state index is 0.0238. The number of para-hydroxylation sites is 1. The van der Waals surface area contributed by atoms with Crippen LogP contribution in [0.4, 0.5) is 10.6 Å². The number of rotatable bonds is 9. The monoisotopic (exact) mass is 757 g/mol. The summed E-state index contributed by atoms with van der Waals surface area (Å²) in [4.78, 5) is 52.7. The molecule has 1 aliphatic carbocycles. The van der Waals surface area contributed by atoms with Gasteiger partial charge in [0.25, 0.3) is 0 Å². The smallest absolute Gasteiger partial charge is 0.410 e. The average Bonchev–Trinajstić information content (AvgIpc) is 3.55. The Morgan fingerprint density at radius 1 is 0.727 bits per heavy atom. The van der Waals surface area contributed by atoms with Crippen molar-refractivity contribution in [2.75, 3.05) is 65.2 Å². The Kier molecular flexibility index (Phi) is 14.2. The van der Waals surface area contributed by atoms with E-state index in [9.17, 15) is 14.4 Å². The maximum Gasteiger partial charge on any atom is 0.420 e. The normalized spacial score (nSPS) is 18.6. The first-order chi connectivity index (χ1) is 26.7. The lowest BCUT2D eigenvalue weighted by Gasteiger charge is -2.30. The molecule has 1 aromatic carbocycles. The van der Waals surface area contributed by atoms with Crippen LogP contribution in [0.25, 0.3) is 0 Å². The highest BCUT2D eigenvalue weighted by atomic mass is 16.6. The molecule has 13 heteroatoms. The van der Waals surface area contributed by atoms with Crippen LogP contribution in [0.3, 0.4) is 0 Å². The topological polar surface area (TPSA) is 133 Å². The Morgan fingerprint density at radius 2 is 1.29 bits per heavy atom. The van der Waals surface area contributed by atoms with Crippen molar-refractivity contribution in [2.24, 2.45) is 0 Å². The zero-order chi connectivity index (χ0) is 38.7.